The summed E-state index contributed by atoms with van der Waals surface area (Å²) in [6.07, 6.45) is 0. The number of aliphatic hydroxyl groups excluding tert-OH is 1. The van der Waals surface area contributed by atoms with E-state index in [0.717, 1.165) is 0 Å². The molecule has 2 amide bonds. The van der Waals surface area contributed by atoms with Crippen LogP contribution in [0.5, 0.6) is 0 Å². The summed E-state index contributed by atoms with van der Waals surface area (Å²) in [7, 11) is 1.73. The van der Waals surface area contributed by atoms with Gasteiger partial charge in [-0.3, -0.25) is 25.3 Å². The van der Waals surface area contributed by atoms with Crippen molar-refractivity contribution in [1.82, 2.24) is 15.8 Å². The number of nitrogens with zero attached hydrogens (tertiary/aromatic N) is 1. The number of hydrazine groups is 1. The van der Waals surface area contributed by atoms with Gasteiger partial charge in [-0.2, -0.15) is 0 Å². The smallest absolute Gasteiger partial charge is 0.252 e. The Balaban J connectivity index is 4.01. The predicted molar refractivity (Wildman–Crippen MR) is 55.8 cm³/mol. The minimum Gasteiger partial charge on any atom is -0.394 e. The lowest BCUT2D eigenvalue weighted by atomic mass is 10.1. The number of likely N-dealkylation sites (N-methyl/N-ethyl adjacent to an activating group) is 1. The normalized spacial score (nSPS) is 11.3. The van der Waals surface area contributed by atoms with Crippen LogP contribution in [0, 0.1) is 0 Å². The predicted octanol–water partition coefficient (Wildman–Crippen LogP) is -1.14. The van der Waals surface area contributed by atoms with Crippen LogP contribution in [0.15, 0.2) is 0 Å². The highest BCUT2D eigenvalue weighted by Crippen LogP contribution is 2.09. The second-order valence-electron chi connectivity index (χ2n) is 4.06. The summed E-state index contributed by atoms with van der Waals surface area (Å²) in [5, 5.41) is 9.05. The maximum atomic E-state index is 11.3. The van der Waals surface area contributed by atoms with E-state index in [0.29, 0.717) is 0 Å². The summed E-state index contributed by atoms with van der Waals surface area (Å²) in [6, 6.07) is 0. The third-order valence-corrected chi connectivity index (χ3v) is 2.18. The Morgan fingerprint density at radius 2 is 1.87 bits per heavy atom. The lowest BCUT2D eigenvalue weighted by Gasteiger charge is -2.33. The van der Waals surface area contributed by atoms with E-state index in [4.69, 9.17) is 5.11 Å². The molecule has 0 bridgehead atoms. The van der Waals surface area contributed by atoms with Gasteiger partial charge < -0.3 is 5.11 Å². The lowest BCUT2D eigenvalue weighted by Crippen LogP contribution is -2.51. The number of nitrogens with one attached hydrogen (secondary N) is 2. The molecule has 0 unspecified atom stereocenters. The highest BCUT2D eigenvalue weighted by Gasteiger charge is 2.23. The SMILES string of the molecule is CC(=O)NNC(=O)CN(C)C(C)(C)CO. The van der Waals surface area contributed by atoms with Gasteiger partial charge in [0.15, 0.2) is 0 Å². The second kappa shape index (κ2) is 5.67. The van der Waals surface area contributed by atoms with Crippen molar-refractivity contribution >= 4 is 11.8 Å². The average Bonchev–Trinajstić information content (AvgIpc) is 2.14. The fourth-order valence-corrected chi connectivity index (χ4v) is 0.747. The zero-order valence-electron chi connectivity index (χ0n) is 9.63. The molecule has 0 aromatic carbocycles. The van der Waals surface area contributed by atoms with E-state index in [9.17, 15) is 9.59 Å². The van der Waals surface area contributed by atoms with E-state index < -0.39 is 5.54 Å². The van der Waals surface area contributed by atoms with Gasteiger partial charge in [0.05, 0.1) is 13.2 Å². The highest BCUT2D eigenvalue weighted by molar-refractivity contribution is 5.81. The maximum absolute atomic E-state index is 11.3. The van der Waals surface area contributed by atoms with Gasteiger partial charge in [-0.05, 0) is 20.9 Å². The second-order valence-corrected chi connectivity index (χ2v) is 4.06. The van der Waals surface area contributed by atoms with Gasteiger partial charge in [-0.25, -0.2) is 0 Å². The van der Waals surface area contributed by atoms with Crippen LogP contribution in [-0.2, 0) is 9.59 Å². The molecule has 3 N–H and O–H groups in total. The zero-order chi connectivity index (χ0) is 12.1. The number of aliphatic hydroxyl groups is 1. The van der Waals surface area contributed by atoms with Crippen LogP contribution in [0.3, 0.4) is 0 Å². The van der Waals surface area contributed by atoms with E-state index >= 15 is 0 Å². The molecule has 6 nitrogen and oxygen atoms in total. The van der Waals surface area contributed by atoms with Crippen LogP contribution in [0.2, 0.25) is 0 Å². The van der Waals surface area contributed by atoms with Crippen molar-refractivity contribution in [3.8, 4) is 0 Å². The van der Waals surface area contributed by atoms with E-state index in [2.05, 4.69) is 10.9 Å². The topological polar surface area (TPSA) is 81.7 Å². The summed E-state index contributed by atoms with van der Waals surface area (Å²) in [5.74, 6) is -0.651. The van der Waals surface area contributed by atoms with Crippen molar-refractivity contribution in [2.24, 2.45) is 0 Å². The third-order valence-electron chi connectivity index (χ3n) is 2.18. The number of carbonyl (C=O) groups is 2. The molecule has 0 aliphatic heterocycles. The van der Waals surface area contributed by atoms with Crippen LogP contribution in [0.25, 0.3) is 0 Å². The molecule has 0 aliphatic carbocycles. The molecule has 0 rings (SSSR count). The number of hydrogen-bond acceptors (Lipinski definition) is 4. The Morgan fingerprint density at radius 3 is 2.27 bits per heavy atom. The molecular formula is C9H19N3O3. The van der Waals surface area contributed by atoms with Crippen LogP contribution in [-0.4, -0.2) is 47.6 Å². The molecule has 0 saturated carbocycles. The summed E-state index contributed by atoms with van der Waals surface area (Å²) in [5.41, 5.74) is 3.98. The van der Waals surface area contributed by atoms with Gasteiger partial charge in [-0.15, -0.1) is 0 Å². The van der Waals surface area contributed by atoms with Crippen molar-refractivity contribution in [1.29, 1.82) is 0 Å². The molecule has 15 heavy (non-hydrogen) atoms. The van der Waals surface area contributed by atoms with Crippen LogP contribution < -0.4 is 10.9 Å². The molecule has 0 aliphatic rings. The first-order valence-electron chi connectivity index (χ1n) is 4.67. The molecule has 0 aromatic heterocycles. The van der Waals surface area contributed by atoms with Crippen molar-refractivity contribution in [3.05, 3.63) is 0 Å². The number of hydrogen-bond donors (Lipinski definition) is 3. The van der Waals surface area contributed by atoms with E-state index in [1.807, 2.05) is 13.8 Å². The minimum atomic E-state index is -0.465. The van der Waals surface area contributed by atoms with Crippen LogP contribution >= 0.6 is 0 Å². The summed E-state index contributed by atoms with van der Waals surface area (Å²) >= 11 is 0. The van der Waals surface area contributed by atoms with Crippen molar-refractivity contribution in [2.45, 2.75) is 26.3 Å². The van der Waals surface area contributed by atoms with Crippen molar-refractivity contribution in [3.63, 3.8) is 0 Å². The fourth-order valence-electron chi connectivity index (χ4n) is 0.747. The van der Waals surface area contributed by atoms with Gasteiger partial charge in [0.25, 0.3) is 5.91 Å². The fraction of sp³-hybridized carbons (Fsp3) is 0.778. The molecule has 0 spiro atoms. The Hall–Kier alpha value is -1.14. The molecule has 0 radical (unpaired) electrons. The van der Waals surface area contributed by atoms with E-state index in [1.54, 1.807) is 11.9 Å². The molecule has 88 valence electrons. The summed E-state index contributed by atoms with van der Waals surface area (Å²) < 4.78 is 0. The maximum Gasteiger partial charge on any atom is 0.252 e. The molecule has 0 fully saturated rings. The number of rotatable bonds is 4. The minimum absolute atomic E-state index is 0.0447. The van der Waals surface area contributed by atoms with Gasteiger partial charge in [0.1, 0.15) is 0 Å². The Labute approximate surface area is 89.6 Å². The summed E-state index contributed by atoms with van der Waals surface area (Å²) in [4.78, 5) is 23.5. The van der Waals surface area contributed by atoms with Crippen LogP contribution in [0.1, 0.15) is 20.8 Å². The number of carbonyl (C=O) groups excluding carboxylic acids is 2. The zero-order valence-corrected chi connectivity index (χ0v) is 9.63. The highest BCUT2D eigenvalue weighted by atomic mass is 16.3. The molecule has 0 heterocycles. The van der Waals surface area contributed by atoms with Gasteiger partial charge in [-0.1, -0.05) is 0 Å². The molecule has 0 atom stereocenters. The number of amides is 2. The first kappa shape index (κ1) is 13.9. The van der Waals surface area contributed by atoms with Gasteiger partial charge in [0.2, 0.25) is 5.91 Å². The van der Waals surface area contributed by atoms with Crippen LogP contribution in [0.4, 0.5) is 0 Å². The Bertz CT molecular complexity index is 241. The standard InChI is InChI=1S/C9H19N3O3/c1-7(14)10-11-8(15)5-12(4)9(2,3)6-13/h13H,5-6H2,1-4H3,(H,10,14)(H,11,15). The molecule has 0 aromatic rings. The van der Waals surface area contributed by atoms with E-state index in [1.165, 1.54) is 6.92 Å². The largest absolute Gasteiger partial charge is 0.394 e. The molecular weight excluding hydrogens is 198 g/mol. The lowest BCUT2D eigenvalue weighted by molar-refractivity contribution is -0.129. The molecule has 0 saturated heterocycles. The third kappa shape index (κ3) is 5.34. The van der Waals surface area contributed by atoms with Crippen molar-refractivity contribution < 1.29 is 14.7 Å². The Morgan fingerprint density at radius 1 is 1.33 bits per heavy atom. The molecule has 6 heteroatoms. The van der Waals surface area contributed by atoms with Crippen molar-refractivity contribution in [2.75, 3.05) is 20.2 Å². The quantitative estimate of drug-likeness (QED) is 0.520. The summed E-state index contributed by atoms with van der Waals surface area (Å²) in [6.45, 7) is 5.00. The average molecular weight is 217 g/mol. The first-order valence-corrected chi connectivity index (χ1v) is 4.67. The monoisotopic (exact) mass is 217 g/mol. The van der Waals surface area contributed by atoms with Gasteiger partial charge >= 0.3 is 0 Å². The Kier molecular flexibility index (Phi) is 5.24. The van der Waals surface area contributed by atoms with Gasteiger partial charge in [0, 0.05) is 12.5 Å². The van der Waals surface area contributed by atoms with E-state index in [-0.39, 0.29) is 25.0 Å². The first-order chi connectivity index (χ1) is 6.79.